The van der Waals surface area contributed by atoms with Crippen molar-refractivity contribution in [2.24, 2.45) is 0 Å². The van der Waals surface area contributed by atoms with Crippen LogP contribution in [-0.4, -0.2) is 4.98 Å². The highest BCUT2D eigenvalue weighted by Crippen LogP contribution is 2.27. The second-order valence-corrected chi connectivity index (χ2v) is 4.90. The molecule has 0 aliphatic heterocycles. The molecule has 2 aromatic carbocycles. The van der Waals surface area contributed by atoms with E-state index >= 15 is 0 Å². The van der Waals surface area contributed by atoms with Crippen molar-refractivity contribution < 1.29 is 0 Å². The third-order valence-electron chi connectivity index (χ3n) is 3.58. The maximum absolute atomic E-state index is 5.99. The van der Waals surface area contributed by atoms with Gasteiger partial charge in [-0.2, -0.15) is 0 Å². The molecule has 0 amide bonds. The fourth-order valence-corrected chi connectivity index (χ4v) is 2.37. The van der Waals surface area contributed by atoms with E-state index in [9.17, 15) is 0 Å². The van der Waals surface area contributed by atoms with Crippen molar-refractivity contribution in [3.05, 3.63) is 66.0 Å². The summed E-state index contributed by atoms with van der Waals surface area (Å²) in [5.41, 5.74) is 10.4. The minimum Gasteiger partial charge on any atom is -0.398 e. The largest absolute Gasteiger partial charge is 0.398 e. The number of nitrogens with one attached hydrogen (secondary N) is 1. The van der Waals surface area contributed by atoms with Gasteiger partial charge < -0.3 is 11.1 Å². The normalized spacial score (nSPS) is 10.7. The lowest BCUT2D eigenvalue weighted by Crippen LogP contribution is -2.02. The Morgan fingerprint density at radius 1 is 1.05 bits per heavy atom. The predicted molar refractivity (Wildman–Crippen MR) is 84.7 cm³/mol. The quantitative estimate of drug-likeness (QED) is 0.708. The minimum atomic E-state index is 0.759. The Bertz CT molecular complexity index is 750. The average Bonchev–Trinajstić information content (AvgIpc) is 2.48. The zero-order valence-corrected chi connectivity index (χ0v) is 11.4. The summed E-state index contributed by atoms with van der Waals surface area (Å²) in [7, 11) is 0. The van der Waals surface area contributed by atoms with Gasteiger partial charge in [-0.15, -0.1) is 0 Å². The highest BCUT2D eigenvalue weighted by atomic mass is 14.9. The number of hydrogen-bond acceptors (Lipinski definition) is 3. The first kappa shape index (κ1) is 12.5. The first-order valence-corrected chi connectivity index (χ1v) is 6.66. The molecular weight excluding hydrogens is 246 g/mol. The van der Waals surface area contributed by atoms with Gasteiger partial charge in [-0.3, -0.25) is 4.98 Å². The smallest absolute Gasteiger partial charge is 0.0425 e. The van der Waals surface area contributed by atoms with E-state index < -0.39 is 0 Å². The van der Waals surface area contributed by atoms with Gasteiger partial charge in [-0.25, -0.2) is 0 Å². The van der Waals surface area contributed by atoms with Crippen molar-refractivity contribution in [1.82, 2.24) is 4.98 Å². The van der Waals surface area contributed by atoms with Gasteiger partial charge in [0.25, 0.3) is 0 Å². The average molecular weight is 263 g/mol. The maximum atomic E-state index is 5.99. The summed E-state index contributed by atoms with van der Waals surface area (Å²) >= 11 is 0. The topological polar surface area (TPSA) is 50.9 Å². The van der Waals surface area contributed by atoms with Crippen LogP contribution in [0.1, 0.15) is 11.1 Å². The zero-order valence-electron chi connectivity index (χ0n) is 11.4. The van der Waals surface area contributed by atoms with Gasteiger partial charge in [0.15, 0.2) is 0 Å². The molecule has 0 saturated carbocycles. The van der Waals surface area contributed by atoms with Gasteiger partial charge in [0, 0.05) is 41.1 Å². The molecule has 3 aromatic rings. The summed E-state index contributed by atoms with van der Waals surface area (Å²) in [6.07, 6.45) is 3.60. The van der Waals surface area contributed by atoms with E-state index in [0.29, 0.717) is 0 Å². The lowest BCUT2D eigenvalue weighted by molar-refractivity contribution is 1.12. The molecule has 0 fully saturated rings. The lowest BCUT2D eigenvalue weighted by Gasteiger charge is -2.12. The van der Waals surface area contributed by atoms with Crippen LogP contribution in [0.15, 0.2) is 54.9 Å². The van der Waals surface area contributed by atoms with Crippen molar-refractivity contribution >= 4 is 22.1 Å². The molecule has 0 unspecified atom stereocenters. The summed E-state index contributed by atoms with van der Waals surface area (Å²) in [6.45, 7) is 2.93. The van der Waals surface area contributed by atoms with Crippen molar-refractivity contribution in [2.45, 2.75) is 13.5 Å². The summed E-state index contributed by atoms with van der Waals surface area (Å²) in [5.74, 6) is 0. The van der Waals surface area contributed by atoms with Gasteiger partial charge in [-0.05, 0) is 36.2 Å². The maximum Gasteiger partial charge on any atom is 0.0425 e. The number of anilines is 2. The third kappa shape index (κ3) is 2.30. The molecule has 0 atom stereocenters. The molecule has 3 rings (SSSR count). The van der Waals surface area contributed by atoms with Crippen LogP contribution in [0.25, 0.3) is 10.8 Å². The number of pyridine rings is 1. The van der Waals surface area contributed by atoms with E-state index in [-0.39, 0.29) is 0 Å². The molecule has 20 heavy (non-hydrogen) atoms. The first-order valence-electron chi connectivity index (χ1n) is 6.66. The Morgan fingerprint density at radius 2 is 1.90 bits per heavy atom. The molecule has 0 aliphatic rings. The Kier molecular flexibility index (Phi) is 3.25. The van der Waals surface area contributed by atoms with Crippen LogP contribution in [0.2, 0.25) is 0 Å². The molecular formula is C17H17N3. The molecule has 0 spiro atoms. The molecule has 3 heteroatoms. The molecule has 0 radical (unpaired) electrons. The number of nitrogens with zero attached hydrogens (tertiary/aromatic N) is 1. The van der Waals surface area contributed by atoms with E-state index in [1.165, 1.54) is 11.1 Å². The van der Waals surface area contributed by atoms with Crippen LogP contribution in [0.3, 0.4) is 0 Å². The number of hydrogen-bond donors (Lipinski definition) is 2. The number of benzene rings is 2. The highest BCUT2D eigenvalue weighted by molar-refractivity contribution is 6.00. The molecule has 0 aliphatic carbocycles. The van der Waals surface area contributed by atoms with Crippen molar-refractivity contribution in [3.63, 3.8) is 0 Å². The van der Waals surface area contributed by atoms with Gasteiger partial charge in [0.05, 0.1) is 0 Å². The number of nitrogens with two attached hydrogens (primary N) is 1. The standard InChI is InChI=1S/C17H17N3/c1-12-4-2-3-5-13(12)10-20-17-7-6-16(18)15-11-19-9-8-14(15)17/h2-9,11,20H,10,18H2,1H3. The monoisotopic (exact) mass is 263 g/mol. The van der Waals surface area contributed by atoms with E-state index in [4.69, 9.17) is 5.73 Å². The number of aryl methyl sites for hydroxylation is 1. The molecule has 0 bridgehead atoms. The SMILES string of the molecule is Cc1ccccc1CNc1ccc(N)c2cnccc12. The molecule has 1 aromatic heterocycles. The first-order chi connectivity index (χ1) is 9.75. The zero-order chi connectivity index (χ0) is 13.9. The third-order valence-corrected chi connectivity index (χ3v) is 3.58. The van der Waals surface area contributed by atoms with E-state index in [1.807, 2.05) is 24.4 Å². The van der Waals surface area contributed by atoms with Gasteiger partial charge in [0.1, 0.15) is 0 Å². The van der Waals surface area contributed by atoms with Gasteiger partial charge in [0.2, 0.25) is 0 Å². The summed E-state index contributed by atoms with van der Waals surface area (Å²) < 4.78 is 0. The Labute approximate surface area is 118 Å². The highest BCUT2D eigenvalue weighted by Gasteiger charge is 2.04. The fourth-order valence-electron chi connectivity index (χ4n) is 2.37. The van der Waals surface area contributed by atoms with Crippen LogP contribution in [0.4, 0.5) is 11.4 Å². The predicted octanol–water partition coefficient (Wildman–Crippen LogP) is 3.74. The Hall–Kier alpha value is -2.55. The molecule has 0 saturated heterocycles. The Morgan fingerprint density at radius 3 is 2.75 bits per heavy atom. The van der Waals surface area contributed by atoms with Crippen LogP contribution in [0, 0.1) is 6.92 Å². The second-order valence-electron chi connectivity index (χ2n) is 4.90. The van der Waals surface area contributed by atoms with Crippen LogP contribution >= 0.6 is 0 Å². The van der Waals surface area contributed by atoms with Crippen LogP contribution < -0.4 is 11.1 Å². The van der Waals surface area contributed by atoms with Crippen molar-refractivity contribution in [2.75, 3.05) is 11.1 Å². The number of nitrogen functional groups attached to an aromatic ring is 1. The van der Waals surface area contributed by atoms with Crippen LogP contribution in [0.5, 0.6) is 0 Å². The second kappa shape index (κ2) is 5.21. The van der Waals surface area contributed by atoms with Crippen LogP contribution in [-0.2, 0) is 6.54 Å². The van der Waals surface area contributed by atoms with Crippen molar-refractivity contribution in [1.29, 1.82) is 0 Å². The fraction of sp³-hybridized carbons (Fsp3) is 0.118. The number of rotatable bonds is 3. The molecule has 3 nitrogen and oxygen atoms in total. The molecule has 100 valence electrons. The van der Waals surface area contributed by atoms with Gasteiger partial charge in [-0.1, -0.05) is 24.3 Å². The molecule has 3 N–H and O–H groups in total. The van der Waals surface area contributed by atoms with E-state index in [0.717, 1.165) is 28.7 Å². The number of aromatic nitrogens is 1. The summed E-state index contributed by atoms with van der Waals surface area (Å²) in [6, 6.07) is 14.3. The summed E-state index contributed by atoms with van der Waals surface area (Å²) in [5, 5.41) is 5.58. The minimum absolute atomic E-state index is 0.759. The Balaban J connectivity index is 1.92. The lowest BCUT2D eigenvalue weighted by atomic mass is 10.1. The molecule has 1 heterocycles. The van der Waals surface area contributed by atoms with E-state index in [1.54, 1.807) is 6.20 Å². The van der Waals surface area contributed by atoms with Crippen molar-refractivity contribution in [3.8, 4) is 0 Å². The number of fused-ring (bicyclic) bond motifs is 1. The summed E-state index contributed by atoms with van der Waals surface area (Å²) in [4.78, 5) is 4.14. The van der Waals surface area contributed by atoms with E-state index in [2.05, 4.69) is 41.5 Å². The van der Waals surface area contributed by atoms with Gasteiger partial charge >= 0.3 is 0 Å².